The number of carbonyl (C=O) groups excluding carboxylic acids is 2. The number of nitrogens with zero attached hydrogens (tertiary/aromatic N) is 2. The van der Waals surface area contributed by atoms with E-state index < -0.39 is 17.1 Å². The van der Waals surface area contributed by atoms with E-state index in [4.69, 9.17) is 37.2 Å². The van der Waals surface area contributed by atoms with Crippen molar-refractivity contribution in [3.63, 3.8) is 0 Å². The highest BCUT2D eigenvalue weighted by Gasteiger charge is 2.61. The average molecular weight is 541 g/mol. The fraction of sp³-hybridized carbons (Fsp3) is 0.393. The number of halogens is 2. The molecule has 37 heavy (non-hydrogen) atoms. The van der Waals surface area contributed by atoms with Crippen molar-refractivity contribution in [3.8, 4) is 17.0 Å². The van der Waals surface area contributed by atoms with Gasteiger partial charge >= 0.3 is 6.09 Å². The first-order chi connectivity index (χ1) is 17.6. The van der Waals surface area contributed by atoms with Gasteiger partial charge in [0, 0.05) is 17.5 Å². The Balaban J connectivity index is 1.32. The van der Waals surface area contributed by atoms with Crippen LogP contribution in [0.5, 0.6) is 5.75 Å². The van der Waals surface area contributed by atoms with E-state index in [1.807, 2.05) is 12.1 Å². The number of hydrogen-bond acceptors (Lipinski definition) is 6. The molecule has 7 nitrogen and oxygen atoms in total. The lowest BCUT2D eigenvalue weighted by atomic mass is 9.98. The summed E-state index contributed by atoms with van der Waals surface area (Å²) >= 11 is 12.9. The Morgan fingerprint density at radius 2 is 1.86 bits per heavy atom. The molecule has 2 amide bonds. The van der Waals surface area contributed by atoms with Gasteiger partial charge in [-0.05, 0) is 70.2 Å². The van der Waals surface area contributed by atoms with Gasteiger partial charge in [0.25, 0.3) is 0 Å². The summed E-state index contributed by atoms with van der Waals surface area (Å²) in [4.78, 5) is 27.4. The average Bonchev–Trinajstić information content (AvgIpc) is 3.74. The second-order valence-corrected chi connectivity index (χ2v) is 11.7. The summed E-state index contributed by atoms with van der Waals surface area (Å²) in [6.07, 6.45) is 2.79. The summed E-state index contributed by atoms with van der Waals surface area (Å²) in [7, 11) is 0. The Morgan fingerprint density at radius 3 is 2.49 bits per heavy atom. The number of aromatic nitrogens is 1. The first kappa shape index (κ1) is 24.3. The quantitative estimate of drug-likeness (QED) is 0.334. The maximum Gasteiger partial charge on any atom is 0.421 e. The van der Waals surface area contributed by atoms with Crippen LogP contribution in [0, 0.1) is 0 Å². The number of hydrogen-bond donors (Lipinski definition) is 0. The summed E-state index contributed by atoms with van der Waals surface area (Å²) in [5.74, 6) is 1.34. The van der Waals surface area contributed by atoms with E-state index in [0.717, 1.165) is 34.6 Å². The minimum absolute atomic E-state index is 0.163. The van der Waals surface area contributed by atoms with E-state index in [9.17, 15) is 9.59 Å². The number of benzene rings is 2. The van der Waals surface area contributed by atoms with Gasteiger partial charge in [0.2, 0.25) is 5.91 Å². The summed E-state index contributed by atoms with van der Waals surface area (Å²) in [5, 5.41) is 5.26. The fourth-order valence-electron chi connectivity index (χ4n) is 4.93. The molecule has 2 aromatic carbocycles. The molecule has 1 aliphatic heterocycles. The van der Waals surface area contributed by atoms with Crippen molar-refractivity contribution < 1.29 is 23.6 Å². The van der Waals surface area contributed by atoms with Gasteiger partial charge in [-0.25, -0.2) is 9.69 Å². The van der Waals surface area contributed by atoms with E-state index >= 15 is 0 Å². The van der Waals surface area contributed by atoms with E-state index in [-0.39, 0.29) is 18.4 Å². The molecule has 9 heteroatoms. The van der Waals surface area contributed by atoms with E-state index in [0.29, 0.717) is 45.6 Å². The lowest BCUT2D eigenvalue weighted by molar-refractivity contribution is -0.120. The molecule has 2 heterocycles. The first-order valence-corrected chi connectivity index (χ1v) is 13.1. The first-order valence-electron chi connectivity index (χ1n) is 12.4. The van der Waals surface area contributed by atoms with Crippen molar-refractivity contribution in [2.24, 2.45) is 0 Å². The van der Waals surface area contributed by atoms with Gasteiger partial charge in [-0.3, -0.25) is 4.79 Å². The molecule has 0 bridgehead atoms. The molecule has 2 fully saturated rings. The molecule has 1 spiro atoms. The van der Waals surface area contributed by atoms with Crippen LogP contribution in [-0.4, -0.2) is 22.8 Å². The highest BCUT2D eigenvalue weighted by Crippen LogP contribution is 2.58. The number of anilines is 1. The molecule has 0 saturated heterocycles. The third kappa shape index (κ3) is 4.18. The van der Waals surface area contributed by atoms with Crippen LogP contribution in [0.4, 0.5) is 10.5 Å². The van der Waals surface area contributed by atoms with E-state index in [1.54, 1.807) is 45.0 Å². The fourth-order valence-corrected chi connectivity index (χ4v) is 5.51. The second kappa shape index (κ2) is 8.50. The smallest absolute Gasteiger partial charge is 0.421 e. The molecule has 0 atom stereocenters. The normalized spacial score (nSPS) is 17.8. The second-order valence-electron chi connectivity index (χ2n) is 10.9. The van der Waals surface area contributed by atoms with Gasteiger partial charge in [0.1, 0.15) is 29.4 Å². The highest BCUT2D eigenvalue weighted by molar-refractivity contribution is 6.39. The number of fused-ring (bicyclic) bond motifs is 2. The van der Waals surface area contributed by atoms with Crippen molar-refractivity contribution in [2.45, 2.75) is 70.0 Å². The number of amides is 2. The highest BCUT2D eigenvalue weighted by atomic mass is 35.5. The topological polar surface area (TPSA) is 81.9 Å². The van der Waals surface area contributed by atoms with Crippen LogP contribution in [0.15, 0.2) is 40.9 Å². The lowest BCUT2D eigenvalue weighted by Crippen LogP contribution is -2.41. The Kier molecular flexibility index (Phi) is 5.58. The summed E-state index contributed by atoms with van der Waals surface area (Å²) in [6.45, 7) is 5.49. The molecule has 0 unspecified atom stereocenters. The molecular weight excluding hydrogens is 515 g/mol. The maximum absolute atomic E-state index is 13.3. The van der Waals surface area contributed by atoms with Crippen molar-refractivity contribution in [2.75, 3.05) is 4.90 Å². The van der Waals surface area contributed by atoms with E-state index in [1.165, 1.54) is 0 Å². The van der Waals surface area contributed by atoms with Crippen LogP contribution in [0.2, 0.25) is 10.0 Å². The molecule has 192 valence electrons. The number of carbonyl (C=O) groups is 2. The van der Waals surface area contributed by atoms with Gasteiger partial charge in [0.15, 0.2) is 0 Å². The third-order valence-electron chi connectivity index (χ3n) is 7.01. The van der Waals surface area contributed by atoms with Crippen LogP contribution in [0.1, 0.15) is 69.3 Å². The molecule has 2 saturated carbocycles. The monoisotopic (exact) mass is 540 g/mol. The minimum Gasteiger partial charge on any atom is -0.489 e. The zero-order valence-electron chi connectivity index (χ0n) is 20.8. The zero-order valence-corrected chi connectivity index (χ0v) is 22.3. The van der Waals surface area contributed by atoms with Gasteiger partial charge in [0.05, 0.1) is 26.7 Å². The summed E-state index contributed by atoms with van der Waals surface area (Å²) in [5.41, 5.74) is 1.94. The van der Waals surface area contributed by atoms with Gasteiger partial charge in [-0.2, -0.15) is 0 Å². The minimum atomic E-state index is -0.727. The molecule has 0 N–H and O–H groups in total. The Labute approximate surface area is 224 Å². The standard InChI is InChI=1S/C28H26Cl2N2O5/c1-27(2,3)36-26(34)32-21-13-16(9-10-18(21)28(11-12-28)25(32)33)35-14-17-23(31-37-24(17)15-7-8-15)22-19(29)5-4-6-20(22)30/h4-6,9-10,13,15H,7-8,11-12,14H2,1-3H3. The predicted molar refractivity (Wildman–Crippen MR) is 139 cm³/mol. The molecular formula is C28H26Cl2N2O5. The van der Waals surface area contributed by atoms with Crippen molar-refractivity contribution in [1.82, 2.24) is 5.16 Å². The SMILES string of the molecule is CC(C)(C)OC(=O)N1C(=O)C2(CC2)c2ccc(OCc3c(-c4c(Cl)cccc4Cl)noc3C3CC3)cc21. The summed E-state index contributed by atoms with van der Waals surface area (Å²) < 4.78 is 17.5. The van der Waals surface area contributed by atoms with Crippen LogP contribution in [0.3, 0.4) is 0 Å². The molecule has 1 aromatic heterocycles. The largest absolute Gasteiger partial charge is 0.489 e. The molecule has 6 rings (SSSR count). The molecule has 2 aliphatic carbocycles. The summed E-state index contributed by atoms with van der Waals surface area (Å²) in [6, 6.07) is 10.7. The molecule has 3 aliphatic rings. The van der Waals surface area contributed by atoms with Gasteiger partial charge in [-0.15, -0.1) is 0 Å². The molecule has 3 aromatic rings. The third-order valence-corrected chi connectivity index (χ3v) is 7.64. The van der Waals surface area contributed by atoms with Crippen LogP contribution in [-0.2, 0) is 21.6 Å². The Hall–Kier alpha value is -3.03. The Bertz CT molecular complexity index is 1410. The van der Waals surface area contributed by atoms with Crippen LogP contribution in [0.25, 0.3) is 11.3 Å². The van der Waals surface area contributed by atoms with Gasteiger partial charge < -0.3 is 14.0 Å². The van der Waals surface area contributed by atoms with Crippen molar-refractivity contribution in [3.05, 3.63) is 63.3 Å². The molecule has 0 radical (unpaired) electrons. The maximum atomic E-state index is 13.3. The number of imide groups is 1. The van der Waals surface area contributed by atoms with Crippen LogP contribution < -0.4 is 9.64 Å². The van der Waals surface area contributed by atoms with E-state index in [2.05, 4.69) is 5.16 Å². The lowest BCUT2D eigenvalue weighted by Gasteiger charge is -2.24. The Morgan fingerprint density at radius 1 is 1.16 bits per heavy atom. The van der Waals surface area contributed by atoms with Crippen molar-refractivity contribution in [1.29, 1.82) is 0 Å². The zero-order chi connectivity index (χ0) is 26.1. The van der Waals surface area contributed by atoms with Gasteiger partial charge in [-0.1, -0.05) is 40.5 Å². The van der Waals surface area contributed by atoms with Crippen molar-refractivity contribution >= 4 is 40.9 Å². The number of ether oxygens (including phenoxy) is 2. The number of rotatable bonds is 5. The predicted octanol–water partition coefficient (Wildman–Crippen LogP) is 7.42. The van der Waals surface area contributed by atoms with Crippen LogP contribution >= 0.6 is 23.2 Å².